The molecule has 43 heavy (non-hydrogen) atoms. The van der Waals surface area contributed by atoms with Crippen LogP contribution in [-0.2, 0) is 17.6 Å². The molecule has 240 valence electrons. The van der Waals surface area contributed by atoms with Crippen LogP contribution in [-0.4, -0.2) is 29.4 Å². The summed E-state index contributed by atoms with van der Waals surface area (Å²) in [6.45, 7) is 27.4. The first-order chi connectivity index (χ1) is 20.6. The molecule has 0 amide bonds. The molecule has 0 aromatic heterocycles. The van der Waals surface area contributed by atoms with Gasteiger partial charge in [0.05, 0.1) is 0 Å². The molecule has 2 aliphatic rings. The van der Waals surface area contributed by atoms with E-state index in [0.717, 1.165) is 25.1 Å². The normalized spacial score (nSPS) is 18.0. The lowest BCUT2D eigenvalue weighted by Gasteiger charge is -2.26. The van der Waals surface area contributed by atoms with Gasteiger partial charge in [-0.15, -0.1) is 19.7 Å². The summed E-state index contributed by atoms with van der Waals surface area (Å²) >= 11 is 4.61. The first kappa shape index (κ1) is 40.1. The maximum atomic E-state index is 8.36. The fourth-order valence-electron chi connectivity index (χ4n) is 5.68. The summed E-state index contributed by atoms with van der Waals surface area (Å²) < 4.78 is 0. The van der Waals surface area contributed by atoms with Crippen LogP contribution >= 0.6 is 12.6 Å². The highest BCUT2D eigenvalue weighted by Crippen LogP contribution is 2.36. The SMILES string of the molecule is C=C.C=C(Cc1cc(CCCCC)cc(C)c1C1C=C(C)CCC1)NC/C=C/C1=C(C)NC(C(C)S)C1.C=CC.O=CO. The average Bonchev–Trinajstić information content (AvgIpc) is 3.34. The topological polar surface area (TPSA) is 61.4 Å². The zero-order valence-electron chi connectivity index (χ0n) is 28.0. The van der Waals surface area contributed by atoms with Gasteiger partial charge in [-0.2, -0.15) is 12.6 Å². The van der Waals surface area contributed by atoms with Crippen LogP contribution in [0.2, 0.25) is 0 Å². The maximum absolute atomic E-state index is 8.36. The summed E-state index contributed by atoms with van der Waals surface area (Å²) in [7, 11) is 0. The molecule has 1 aromatic rings. The van der Waals surface area contributed by atoms with Crippen molar-refractivity contribution in [2.45, 2.75) is 117 Å². The molecule has 0 radical (unpaired) electrons. The maximum Gasteiger partial charge on any atom is 0.290 e. The van der Waals surface area contributed by atoms with Crippen LogP contribution in [0.1, 0.15) is 108 Å². The van der Waals surface area contributed by atoms with Crippen molar-refractivity contribution in [2.24, 2.45) is 0 Å². The van der Waals surface area contributed by atoms with Crippen molar-refractivity contribution in [3.05, 3.63) is 108 Å². The predicted molar refractivity (Wildman–Crippen MR) is 193 cm³/mol. The van der Waals surface area contributed by atoms with Gasteiger partial charge in [-0.3, -0.25) is 4.79 Å². The molecule has 5 heteroatoms. The number of rotatable bonds is 12. The number of carboxylic acid groups (broad SMARTS) is 1. The Hall–Kier alpha value is -2.92. The Morgan fingerprint density at radius 2 is 1.88 bits per heavy atom. The fraction of sp³-hybridized carbons (Fsp3) is 0.500. The van der Waals surface area contributed by atoms with E-state index in [2.05, 4.69) is 115 Å². The van der Waals surface area contributed by atoms with Crippen molar-refractivity contribution in [3.8, 4) is 0 Å². The minimum absolute atomic E-state index is 0.250. The molecule has 0 saturated carbocycles. The van der Waals surface area contributed by atoms with E-state index in [4.69, 9.17) is 9.90 Å². The van der Waals surface area contributed by atoms with Crippen molar-refractivity contribution >= 4 is 19.1 Å². The molecule has 1 aliphatic heterocycles. The first-order valence-electron chi connectivity index (χ1n) is 15.8. The molecule has 3 unspecified atom stereocenters. The average molecular weight is 609 g/mol. The number of allylic oxidation sites excluding steroid dienone is 6. The van der Waals surface area contributed by atoms with E-state index < -0.39 is 0 Å². The molecule has 3 rings (SSSR count). The van der Waals surface area contributed by atoms with Gasteiger partial charge in [0, 0.05) is 41.6 Å². The summed E-state index contributed by atoms with van der Waals surface area (Å²) in [5.74, 6) is 0.545. The Morgan fingerprint density at radius 1 is 1.23 bits per heavy atom. The summed E-state index contributed by atoms with van der Waals surface area (Å²) in [5.41, 5.74) is 11.3. The predicted octanol–water partition coefficient (Wildman–Crippen LogP) is 9.79. The molecule has 3 atom stereocenters. The molecule has 1 aromatic carbocycles. The van der Waals surface area contributed by atoms with E-state index >= 15 is 0 Å². The number of aryl methyl sites for hydroxylation is 2. The van der Waals surface area contributed by atoms with Gasteiger partial charge in [0.15, 0.2) is 0 Å². The van der Waals surface area contributed by atoms with E-state index in [-0.39, 0.29) is 6.47 Å². The number of nitrogens with one attached hydrogen (secondary N) is 2. The number of hydrogen-bond acceptors (Lipinski definition) is 4. The Labute approximate surface area is 269 Å². The van der Waals surface area contributed by atoms with Crippen LogP contribution in [0.15, 0.2) is 85.3 Å². The molecule has 0 saturated heterocycles. The minimum atomic E-state index is -0.250. The van der Waals surface area contributed by atoms with E-state index in [1.54, 1.807) is 17.2 Å². The molecular weight excluding hydrogens is 548 g/mol. The van der Waals surface area contributed by atoms with Gasteiger partial charge in [-0.25, -0.2) is 0 Å². The summed E-state index contributed by atoms with van der Waals surface area (Å²) in [4.78, 5) is 8.36. The number of carbonyl (C=O) groups is 1. The number of hydrogen-bond donors (Lipinski definition) is 4. The van der Waals surface area contributed by atoms with Crippen LogP contribution in [0.5, 0.6) is 0 Å². The van der Waals surface area contributed by atoms with Crippen molar-refractivity contribution in [2.75, 3.05) is 6.54 Å². The smallest absolute Gasteiger partial charge is 0.290 e. The second-order valence-electron chi connectivity index (χ2n) is 11.4. The quantitative estimate of drug-likeness (QED) is 0.0826. The second kappa shape index (κ2) is 23.5. The summed E-state index contributed by atoms with van der Waals surface area (Å²) in [6, 6.07) is 5.37. The van der Waals surface area contributed by atoms with Gasteiger partial charge in [-0.1, -0.05) is 75.3 Å². The Bertz CT molecular complexity index is 1080. The van der Waals surface area contributed by atoms with Crippen LogP contribution in [0.3, 0.4) is 0 Å². The van der Waals surface area contributed by atoms with Crippen molar-refractivity contribution in [1.82, 2.24) is 10.6 Å². The lowest BCUT2D eigenvalue weighted by Crippen LogP contribution is -2.29. The first-order valence-corrected chi connectivity index (χ1v) is 16.3. The van der Waals surface area contributed by atoms with Gasteiger partial charge in [-0.05, 0) is 94.0 Å². The van der Waals surface area contributed by atoms with Crippen molar-refractivity contribution < 1.29 is 9.90 Å². The molecule has 0 fully saturated rings. The van der Waals surface area contributed by atoms with Crippen molar-refractivity contribution in [1.29, 1.82) is 0 Å². The lowest BCUT2D eigenvalue weighted by atomic mass is 9.80. The highest BCUT2D eigenvalue weighted by molar-refractivity contribution is 7.81. The van der Waals surface area contributed by atoms with Gasteiger partial charge < -0.3 is 15.7 Å². The van der Waals surface area contributed by atoms with Crippen LogP contribution in [0.25, 0.3) is 0 Å². The third-order valence-corrected chi connectivity index (χ3v) is 8.00. The number of benzene rings is 1. The molecular formula is C38H60N2O2S. The Balaban J connectivity index is 0.00000199. The highest BCUT2D eigenvalue weighted by Gasteiger charge is 2.22. The van der Waals surface area contributed by atoms with E-state index in [1.165, 1.54) is 72.9 Å². The van der Waals surface area contributed by atoms with Gasteiger partial charge in [0.25, 0.3) is 6.47 Å². The van der Waals surface area contributed by atoms with Crippen molar-refractivity contribution in [3.63, 3.8) is 0 Å². The van der Waals surface area contributed by atoms with Crippen LogP contribution in [0, 0.1) is 6.92 Å². The molecule has 3 N–H and O–H groups in total. The highest BCUT2D eigenvalue weighted by atomic mass is 32.1. The van der Waals surface area contributed by atoms with Crippen LogP contribution in [0.4, 0.5) is 0 Å². The monoisotopic (exact) mass is 608 g/mol. The fourth-order valence-corrected chi connectivity index (χ4v) is 5.86. The minimum Gasteiger partial charge on any atom is -0.483 e. The molecule has 0 spiro atoms. The summed E-state index contributed by atoms with van der Waals surface area (Å²) in [5, 5.41) is 14.4. The standard InChI is InChI=1S/C32H48N2S.C3H6.C2H4.CH2O2/c1-7-8-9-13-27-18-23(3)32(29-14-10-12-22(2)17-29)30(20-27)19-24(4)33-16-11-15-28-21-31(26(6)35)34-25(28)5;1-3-2;1-2;2-1-3/h11,15,17-18,20,26,29,31,33-35H,4,7-10,12-14,16,19,21H2,1-3,5-6H3;3H,1H2,2H3;1-2H2;1H,(H,2,3)/b15-11+;;;. The van der Waals surface area contributed by atoms with Gasteiger partial charge in [0.2, 0.25) is 0 Å². The molecule has 1 aliphatic carbocycles. The summed E-state index contributed by atoms with van der Waals surface area (Å²) in [6.07, 6.45) is 19.6. The zero-order chi connectivity index (χ0) is 32.8. The van der Waals surface area contributed by atoms with E-state index in [1.807, 2.05) is 6.92 Å². The molecule has 0 bridgehead atoms. The second-order valence-corrected chi connectivity index (χ2v) is 12.2. The number of thiol groups is 1. The third-order valence-electron chi connectivity index (χ3n) is 7.64. The van der Waals surface area contributed by atoms with E-state index in [9.17, 15) is 0 Å². The Morgan fingerprint density at radius 3 is 2.44 bits per heavy atom. The lowest BCUT2D eigenvalue weighted by molar-refractivity contribution is -0.122. The molecule has 1 heterocycles. The number of unbranched alkanes of at least 4 members (excludes halogenated alkanes) is 2. The third kappa shape index (κ3) is 15.4. The van der Waals surface area contributed by atoms with Crippen LogP contribution < -0.4 is 10.6 Å². The Kier molecular flexibility index (Phi) is 21.9. The zero-order valence-corrected chi connectivity index (χ0v) is 28.9. The van der Waals surface area contributed by atoms with E-state index in [0.29, 0.717) is 17.2 Å². The largest absolute Gasteiger partial charge is 0.483 e. The van der Waals surface area contributed by atoms with Gasteiger partial charge in [0.1, 0.15) is 0 Å². The molecule has 4 nitrogen and oxygen atoms in total. The van der Waals surface area contributed by atoms with Gasteiger partial charge >= 0.3 is 0 Å².